The van der Waals surface area contributed by atoms with Gasteiger partial charge in [-0.05, 0) is 17.7 Å². The number of hydrogen-bond acceptors (Lipinski definition) is 3. The van der Waals surface area contributed by atoms with Crippen LogP contribution in [0.15, 0.2) is 54.7 Å². The number of fused-ring (bicyclic) bond motifs is 1. The third-order valence-corrected chi connectivity index (χ3v) is 3.19. The molecule has 0 fully saturated rings. The average Bonchev–Trinajstić information content (AvgIpc) is 2.92. The minimum Gasteiger partial charge on any atom is -0.375 e. The normalized spacial score (nSPS) is 10.6. The van der Waals surface area contributed by atoms with E-state index in [1.54, 1.807) is 18.3 Å². The Bertz CT molecular complexity index is 750. The molecule has 3 rings (SSSR count). The lowest BCUT2D eigenvalue weighted by Gasteiger charge is -2.07. The predicted molar refractivity (Wildman–Crippen MR) is 78.7 cm³/mol. The fourth-order valence-electron chi connectivity index (χ4n) is 2.17. The molecule has 5 nitrogen and oxygen atoms in total. The van der Waals surface area contributed by atoms with Crippen LogP contribution in [0.2, 0.25) is 0 Å². The van der Waals surface area contributed by atoms with Gasteiger partial charge in [0, 0.05) is 29.7 Å². The van der Waals surface area contributed by atoms with Gasteiger partial charge in [0.15, 0.2) is 0 Å². The van der Waals surface area contributed by atoms with E-state index in [1.165, 1.54) is 0 Å². The highest BCUT2D eigenvalue weighted by Gasteiger charge is 2.15. The molecular weight excluding hydrogens is 254 g/mol. The highest BCUT2D eigenvalue weighted by molar-refractivity contribution is 5.87. The molecule has 3 aromatic rings. The van der Waals surface area contributed by atoms with Crippen LogP contribution < -0.4 is 5.32 Å². The van der Waals surface area contributed by atoms with Crippen LogP contribution in [0.4, 0.5) is 11.4 Å². The molecule has 0 saturated heterocycles. The summed E-state index contributed by atoms with van der Waals surface area (Å²) in [6.45, 7) is 0.549. The van der Waals surface area contributed by atoms with Crippen LogP contribution in [0.25, 0.3) is 10.9 Å². The molecule has 0 unspecified atom stereocenters. The molecule has 0 aliphatic carbocycles. The summed E-state index contributed by atoms with van der Waals surface area (Å²) in [6, 6.07) is 15.0. The number of hydrogen-bond donors (Lipinski definition) is 2. The fourth-order valence-corrected chi connectivity index (χ4v) is 2.17. The molecule has 0 saturated carbocycles. The minimum absolute atomic E-state index is 0.0908. The molecule has 0 amide bonds. The van der Waals surface area contributed by atoms with Gasteiger partial charge in [-0.1, -0.05) is 30.3 Å². The average molecular weight is 267 g/mol. The molecule has 2 aromatic carbocycles. The summed E-state index contributed by atoms with van der Waals surface area (Å²) in [6.07, 6.45) is 1.77. The van der Waals surface area contributed by atoms with E-state index >= 15 is 0 Å². The number of nitrogens with one attached hydrogen (secondary N) is 2. The first-order valence-electron chi connectivity index (χ1n) is 6.27. The topological polar surface area (TPSA) is 71.0 Å². The van der Waals surface area contributed by atoms with E-state index in [2.05, 4.69) is 10.3 Å². The number of nitro benzene ring substituents is 1. The Hall–Kier alpha value is -2.82. The third kappa shape index (κ3) is 2.33. The van der Waals surface area contributed by atoms with Crippen molar-refractivity contribution in [3.05, 3.63) is 70.4 Å². The van der Waals surface area contributed by atoms with Crippen molar-refractivity contribution in [3.63, 3.8) is 0 Å². The van der Waals surface area contributed by atoms with Crippen molar-refractivity contribution in [2.75, 3.05) is 5.32 Å². The smallest absolute Gasteiger partial charge is 0.293 e. The maximum absolute atomic E-state index is 11.2. The van der Waals surface area contributed by atoms with Crippen LogP contribution in [0.3, 0.4) is 0 Å². The van der Waals surface area contributed by atoms with Gasteiger partial charge in [0.1, 0.15) is 5.69 Å². The molecule has 20 heavy (non-hydrogen) atoms. The summed E-state index contributed by atoms with van der Waals surface area (Å²) in [4.78, 5) is 13.9. The van der Waals surface area contributed by atoms with E-state index in [-0.39, 0.29) is 10.6 Å². The zero-order chi connectivity index (χ0) is 13.9. The standard InChI is InChI=1S/C15H13N3O2/c19-18(20)15-8-12-6-7-16-13(12)9-14(15)17-10-11-4-2-1-3-5-11/h1-9,16-17H,10H2. The molecular formula is C15H13N3O2. The maximum Gasteiger partial charge on any atom is 0.293 e. The van der Waals surface area contributed by atoms with Crippen molar-refractivity contribution >= 4 is 22.3 Å². The van der Waals surface area contributed by atoms with Crippen LogP contribution in [0.1, 0.15) is 5.56 Å². The van der Waals surface area contributed by atoms with Crippen molar-refractivity contribution < 1.29 is 4.92 Å². The molecule has 0 aliphatic heterocycles. The Labute approximate surface area is 115 Å². The molecule has 1 aromatic heterocycles. The lowest BCUT2D eigenvalue weighted by Crippen LogP contribution is -2.02. The van der Waals surface area contributed by atoms with Gasteiger partial charge >= 0.3 is 0 Å². The quantitative estimate of drug-likeness (QED) is 0.559. The number of anilines is 1. The molecule has 0 aliphatic rings. The number of nitro groups is 1. The molecule has 0 spiro atoms. The zero-order valence-corrected chi connectivity index (χ0v) is 10.7. The summed E-state index contributed by atoms with van der Waals surface area (Å²) in [5.74, 6) is 0. The second-order valence-electron chi connectivity index (χ2n) is 4.53. The van der Waals surface area contributed by atoms with Gasteiger partial charge in [0.25, 0.3) is 5.69 Å². The van der Waals surface area contributed by atoms with E-state index in [9.17, 15) is 10.1 Å². The Morgan fingerprint density at radius 3 is 2.70 bits per heavy atom. The zero-order valence-electron chi connectivity index (χ0n) is 10.7. The summed E-state index contributed by atoms with van der Waals surface area (Å²) in [5.41, 5.74) is 2.57. The summed E-state index contributed by atoms with van der Waals surface area (Å²) in [7, 11) is 0. The predicted octanol–water partition coefficient (Wildman–Crippen LogP) is 3.69. The highest BCUT2D eigenvalue weighted by Crippen LogP contribution is 2.29. The highest BCUT2D eigenvalue weighted by atomic mass is 16.6. The van der Waals surface area contributed by atoms with Gasteiger partial charge in [0.05, 0.1) is 4.92 Å². The first-order chi connectivity index (χ1) is 9.74. The van der Waals surface area contributed by atoms with Gasteiger partial charge in [-0.2, -0.15) is 0 Å². The molecule has 0 atom stereocenters. The number of rotatable bonds is 4. The number of aromatic nitrogens is 1. The Morgan fingerprint density at radius 1 is 1.15 bits per heavy atom. The van der Waals surface area contributed by atoms with Gasteiger partial charge in [-0.25, -0.2) is 0 Å². The first kappa shape index (κ1) is 12.2. The van der Waals surface area contributed by atoms with Gasteiger partial charge in [0.2, 0.25) is 0 Å². The monoisotopic (exact) mass is 267 g/mol. The minimum atomic E-state index is -0.361. The van der Waals surface area contributed by atoms with E-state index in [0.717, 1.165) is 16.5 Å². The van der Waals surface area contributed by atoms with Crippen molar-refractivity contribution in [1.82, 2.24) is 4.98 Å². The lowest BCUT2D eigenvalue weighted by atomic mass is 10.2. The lowest BCUT2D eigenvalue weighted by molar-refractivity contribution is -0.383. The van der Waals surface area contributed by atoms with Gasteiger partial charge in [-0.15, -0.1) is 0 Å². The van der Waals surface area contributed by atoms with Crippen LogP contribution in [-0.4, -0.2) is 9.91 Å². The number of benzene rings is 2. The molecule has 0 bridgehead atoms. The third-order valence-electron chi connectivity index (χ3n) is 3.19. The number of H-pyrrole nitrogens is 1. The molecule has 5 heteroatoms. The number of nitrogens with zero attached hydrogens (tertiary/aromatic N) is 1. The van der Waals surface area contributed by atoms with Crippen molar-refractivity contribution in [1.29, 1.82) is 0 Å². The van der Waals surface area contributed by atoms with Gasteiger partial charge < -0.3 is 10.3 Å². The van der Waals surface area contributed by atoms with Crippen LogP contribution in [-0.2, 0) is 6.54 Å². The summed E-state index contributed by atoms with van der Waals surface area (Å²) in [5, 5.41) is 15.1. The number of aromatic amines is 1. The van der Waals surface area contributed by atoms with E-state index < -0.39 is 0 Å². The van der Waals surface area contributed by atoms with E-state index in [0.29, 0.717) is 12.2 Å². The van der Waals surface area contributed by atoms with Crippen LogP contribution in [0, 0.1) is 10.1 Å². The molecule has 100 valence electrons. The fraction of sp³-hybridized carbons (Fsp3) is 0.0667. The van der Waals surface area contributed by atoms with Crippen LogP contribution >= 0.6 is 0 Å². The summed E-state index contributed by atoms with van der Waals surface area (Å²) >= 11 is 0. The molecule has 1 heterocycles. The first-order valence-corrected chi connectivity index (χ1v) is 6.27. The second kappa shape index (κ2) is 5.05. The van der Waals surface area contributed by atoms with Crippen LogP contribution in [0.5, 0.6) is 0 Å². The van der Waals surface area contributed by atoms with Crippen molar-refractivity contribution in [3.8, 4) is 0 Å². The van der Waals surface area contributed by atoms with Crippen molar-refractivity contribution in [2.45, 2.75) is 6.54 Å². The molecule has 0 radical (unpaired) electrons. The Balaban J connectivity index is 1.92. The second-order valence-corrected chi connectivity index (χ2v) is 4.53. The Kier molecular flexibility index (Phi) is 3.09. The van der Waals surface area contributed by atoms with Gasteiger partial charge in [-0.3, -0.25) is 10.1 Å². The largest absolute Gasteiger partial charge is 0.375 e. The summed E-state index contributed by atoms with van der Waals surface area (Å²) < 4.78 is 0. The van der Waals surface area contributed by atoms with Crippen molar-refractivity contribution in [2.24, 2.45) is 0 Å². The Morgan fingerprint density at radius 2 is 1.95 bits per heavy atom. The van der Waals surface area contributed by atoms with E-state index in [4.69, 9.17) is 0 Å². The molecule has 2 N–H and O–H groups in total. The van der Waals surface area contributed by atoms with E-state index in [1.807, 2.05) is 36.4 Å². The SMILES string of the molecule is O=[N+]([O-])c1cc2cc[nH]c2cc1NCc1ccccc1. The maximum atomic E-state index is 11.2.